The number of amides is 1. The van der Waals surface area contributed by atoms with Crippen LogP contribution in [0.5, 0.6) is 0 Å². The van der Waals surface area contributed by atoms with Crippen LogP contribution in [0.15, 0.2) is 18.2 Å². The molecule has 0 aliphatic carbocycles. The molecule has 0 saturated heterocycles. The molecule has 20 heavy (non-hydrogen) atoms. The van der Waals surface area contributed by atoms with Crippen LogP contribution in [-0.2, 0) is 19.7 Å². The number of methoxy groups -OCH3 is 1. The number of hydrogen-bond donors (Lipinski definition) is 2. The van der Waals surface area contributed by atoms with Crippen LogP contribution in [0.3, 0.4) is 0 Å². The summed E-state index contributed by atoms with van der Waals surface area (Å²) in [7, 11) is 1.65. The summed E-state index contributed by atoms with van der Waals surface area (Å²) >= 11 is 0. The molecule has 0 fully saturated rings. The molecule has 0 spiro atoms. The van der Waals surface area contributed by atoms with Gasteiger partial charge in [-0.05, 0) is 17.7 Å². The van der Waals surface area contributed by atoms with Crippen molar-refractivity contribution in [3.8, 4) is 0 Å². The molecule has 0 aliphatic heterocycles. The van der Waals surface area contributed by atoms with E-state index in [0.717, 1.165) is 5.56 Å². The minimum absolute atomic E-state index is 0.133. The second kappa shape index (κ2) is 7.26. The molecule has 0 unspecified atom stereocenters. The first kappa shape index (κ1) is 16.5. The fourth-order valence-electron chi connectivity index (χ4n) is 1.84. The van der Waals surface area contributed by atoms with Gasteiger partial charge in [0.2, 0.25) is 5.91 Å². The summed E-state index contributed by atoms with van der Waals surface area (Å²) in [5, 5.41) is 2.70. The van der Waals surface area contributed by atoms with Crippen LogP contribution in [0.2, 0.25) is 0 Å². The molecule has 1 aromatic carbocycles. The van der Waals surface area contributed by atoms with Crippen LogP contribution in [0.25, 0.3) is 0 Å². The van der Waals surface area contributed by atoms with Gasteiger partial charge >= 0.3 is 0 Å². The molecule has 1 rings (SSSR count). The summed E-state index contributed by atoms with van der Waals surface area (Å²) in [5.41, 5.74) is 8.08. The molecule has 0 heterocycles. The summed E-state index contributed by atoms with van der Waals surface area (Å²) in [6.07, 6.45) is 0. The van der Waals surface area contributed by atoms with E-state index in [1.165, 1.54) is 6.92 Å². The van der Waals surface area contributed by atoms with E-state index in [0.29, 0.717) is 31.2 Å². The summed E-state index contributed by atoms with van der Waals surface area (Å²) in [6.45, 7) is 7.37. The van der Waals surface area contributed by atoms with Crippen LogP contribution in [0, 0.1) is 0 Å². The Balaban J connectivity index is 2.74. The molecular formula is C15H24N2O3. The van der Waals surface area contributed by atoms with Crippen LogP contribution < -0.4 is 11.1 Å². The van der Waals surface area contributed by atoms with Crippen LogP contribution in [-0.4, -0.2) is 32.8 Å². The highest BCUT2D eigenvalue weighted by molar-refractivity contribution is 5.92. The number of carbonyl (C=O) groups excluding carboxylic acids is 1. The maximum Gasteiger partial charge on any atom is 0.221 e. The van der Waals surface area contributed by atoms with Crippen molar-refractivity contribution < 1.29 is 14.3 Å². The Morgan fingerprint density at radius 3 is 2.60 bits per heavy atom. The maximum absolute atomic E-state index is 11.1. The van der Waals surface area contributed by atoms with E-state index in [1.54, 1.807) is 7.11 Å². The molecule has 0 aromatic heterocycles. The quantitative estimate of drug-likeness (QED) is 0.593. The predicted octanol–water partition coefficient (Wildman–Crippen LogP) is 2.17. The van der Waals surface area contributed by atoms with Gasteiger partial charge in [0.05, 0.1) is 31.2 Å². The van der Waals surface area contributed by atoms with Crippen molar-refractivity contribution in [2.24, 2.45) is 0 Å². The monoisotopic (exact) mass is 280 g/mol. The zero-order valence-corrected chi connectivity index (χ0v) is 12.7. The van der Waals surface area contributed by atoms with Crippen molar-refractivity contribution in [3.63, 3.8) is 0 Å². The normalized spacial score (nSPS) is 11.4. The molecule has 0 bridgehead atoms. The average molecular weight is 280 g/mol. The number of nitrogen functional groups attached to an aromatic ring is 1. The van der Waals surface area contributed by atoms with E-state index in [9.17, 15) is 4.79 Å². The van der Waals surface area contributed by atoms with Gasteiger partial charge in [-0.25, -0.2) is 0 Å². The summed E-state index contributed by atoms with van der Waals surface area (Å²) in [4.78, 5) is 11.1. The summed E-state index contributed by atoms with van der Waals surface area (Å²) in [5.74, 6) is -0.133. The second-order valence-electron chi connectivity index (χ2n) is 5.41. The van der Waals surface area contributed by atoms with Crippen molar-refractivity contribution in [2.75, 3.05) is 38.0 Å². The van der Waals surface area contributed by atoms with Gasteiger partial charge in [-0.2, -0.15) is 0 Å². The molecule has 0 atom stereocenters. The molecule has 0 aliphatic rings. The number of carbonyl (C=O) groups is 1. The van der Waals surface area contributed by atoms with Crippen molar-refractivity contribution in [1.82, 2.24) is 0 Å². The highest BCUT2D eigenvalue weighted by Gasteiger charge is 2.21. The molecule has 1 aromatic rings. The average Bonchev–Trinajstić information content (AvgIpc) is 2.36. The lowest BCUT2D eigenvalue weighted by Gasteiger charge is -2.26. The Hall–Kier alpha value is -1.59. The minimum atomic E-state index is -0.156. The molecule has 5 nitrogen and oxygen atoms in total. The Morgan fingerprint density at radius 1 is 1.35 bits per heavy atom. The number of rotatable bonds is 7. The van der Waals surface area contributed by atoms with Gasteiger partial charge in [-0.1, -0.05) is 19.9 Å². The van der Waals surface area contributed by atoms with E-state index < -0.39 is 0 Å². The molecule has 3 N–H and O–H groups in total. The van der Waals surface area contributed by atoms with Gasteiger partial charge in [0.15, 0.2) is 0 Å². The highest BCUT2D eigenvalue weighted by atomic mass is 16.5. The fraction of sp³-hybridized carbons (Fsp3) is 0.533. The number of nitrogens with two attached hydrogens (primary N) is 1. The van der Waals surface area contributed by atoms with Crippen LogP contribution in [0.4, 0.5) is 11.4 Å². The maximum atomic E-state index is 11.1. The fourth-order valence-corrected chi connectivity index (χ4v) is 1.84. The molecule has 1 amide bonds. The van der Waals surface area contributed by atoms with E-state index in [-0.39, 0.29) is 11.3 Å². The predicted molar refractivity (Wildman–Crippen MR) is 80.9 cm³/mol. The van der Waals surface area contributed by atoms with Gasteiger partial charge in [0.25, 0.3) is 0 Å². The minimum Gasteiger partial charge on any atom is -0.397 e. The van der Waals surface area contributed by atoms with Crippen LogP contribution in [0.1, 0.15) is 26.3 Å². The van der Waals surface area contributed by atoms with E-state index in [2.05, 4.69) is 19.2 Å². The Labute approximate surface area is 120 Å². The zero-order chi connectivity index (χ0) is 15.2. The number of benzene rings is 1. The molecular weight excluding hydrogens is 256 g/mol. The summed E-state index contributed by atoms with van der Waals surface area (Å²) < 4.78 is 10.5. The summed E-state index contributed by atoms with van der Waals surface area (Å²) in [6, 6.07) is 5.66. The molecule has 112 valence electrons. The van der Waals surface area contributed by atoms with Crippen molar-refractivity contribution in [1.29, 1.82) is 0 Å². The Morgan fingerprint density at radius 2 is 2.05 bits per heavy atom. The Bertz CT molecular complexity index is 458. The third-order valence-corrected chi connectivity index (χ3v) is 3.04. The lowest BCUT2D eigenvalue weighted by Crippen LogP contribution is -2.25. The van der Waals surface area contributed by atoms with Gasteiger partial charge in [0.1, 0.15) is 0 Å². The first-order valence-electron chi connectivity index (χ1n) is 6.61. The van der Waals surface area contributed by atoms with Crippen LogP contribution >= 0.6 is 0 Å². The van der Waals surface area contributed by atoms with E-state index >= 15 is 0 Å². The highest BCUT2D eigenvalue weighted by Crippen LogP contribution is 2.29. The number of nitrogens with one attached hydrogen (secondary N) is 1. The second-order valence-corrected chi connectivity index (χ2v) is 5.41. The van der Waals surface area contributed by atoms with Gasteiger partial charge in [0, 0.05) is 19.4 Å². The topological polar surface area (TPSA) is 73.6 Å². The number of hydrogen-bond acceptors (Lipinski definition) is 4. The first-order chi connectivity index (χ1) is 9.36. The van der Waals surface area contributed by atoms with Crippen molar-refractivity contribution >= 4 is 17.3 Å². The number of ether oxygens (including phenoxy) is 2. The third kappa shape index (κ3) is 4.83. The van der Waals surface area contributed by atoms with Gasteiger partial charge in [-0.3, -0.25) is 4.79 Å². The molecule has 0 saturated carbocycles. The lowest BCUT2D eigenvalue weighted by atomic mass is 9.85. The van der Waals surface area contributed by atoms with Crippen molar-refractivity contribution in [2.45, 2.75) is 26.2 Å². The van der Waals surface area contributed by atoms with E-state index in [4.69, 9.17) is 15.2 Å². The van der Waals surface area contributed by atoms with E-state index in [1.807, 2.05) is 18.2 Å². The zero-order valence-electron chi connectivity index (χ0n) is 12.7. The SMILES string of the molecule is COCCOCC(C)(C)c1ccc(NC(C)=O)c(N)c1. The standard InChI is InChI=1S/C15H24N2O3/c1-11(18)17-14-6-5-12(9-13(14)16)15(2,3)10-20-8-7-19-4/h5-6,9H,7-8,10,16H2,1-4H3,(H,17,18). The van der Waals surface area contributed by atoms with Crippen molar-refractivity contribution in [3.05, 3.63) is 23.8 Å². The lowest BCUT2D eigenvalue weighted by molar-refractivity contribution is -0.114. The molecule has 5 heteroatoms. The Kier molecular flexibility index (Phi) is 5.98. The van der Waals surface area contributed by atoms with Gasteiger partial charge in [-0.15, -0.1) is 0 Å². The number of anilines is 2. The third-order valence-electron chi connectivity index (χ3n) is 3.04. The smallest absolute Gasteiger partial charge is 0.221 e. The largest absolute Gasteiger partial charge is 0.397 e. The first-order valence-corrected chi connectivity index (χ1v) is 6.61. The van der Waals surface area contributed by atoms with Gasteiger partial charge < -0.3 is 20.5 Å². The molecule has 0 radical (unpaired) electrons.